The minimum atomic E-state index is -5.78. The van der Waals surface area contributed by atoms with Gasteiger partial charge in [-0.3, -0.25) is 10.1 Å². The van der Waals surface area contributed by atoms with Gasteiger partial charge in [-0.25, -0.2) is 0 Å². The first-order valence-electron chi connectivity index (χ1n) is 4.52. The minimum Gasteiger partial charge on any atom is -0.319 e. The second kappa shape index (κ2) is 4.48. The van der Waals surface area contributed by atoms with Crippen molar-refractivity contribution in [2.24, 2.45) is 5.73 Å². The molecule has 1 rings (SSSR count). The van der Waals surface area contributed by atoms with Crippen LogP contribution in [0.2, 0.25) is 0 Å². The fourth-order valence-electron chi connectivity index (χ4n) is 1.19. The van der Waals surface area contributed by atoms with E-state index >= 15 is 0 Å². The molecular weight excluding hydrogens is 263 g/mol. The largest absolute Gasteiger partial charge is 0.455 e. The zero-order valence-corrected chi connectivity index (χ0v) is 8.62. The molecule has 4 nitrogen and oxygen atoms in total. The van der Waals surface area contributed by atoms with Crippen LogP contribution in [0.4, 0.5) is 27.6 Å². The molecule has 1 aromatic carbocycles. The molecule has 0 saturated heterocycles. The lowest BCUT2D eigenvalue weighted by Crippen LogP contribution is -2.45. The van der Waals surface area contributed by atoms with Crippen LogP contribution >= 0.6 is 0 Å². The molecule has 0 aromatic heterocycles. The van der Waals surface area contributed by atoms with E-state index in [2.05, 4.69) is 0 Å². The summed E-state index contributed by atoms with van der Waals surface area (Å²) in [6.07, 6.45) is -5.78. The van der Waals surface area contributed by atoms with Crippen molar-refractivity contribution < 1.29 is 26.9 Å². The van der Waals surface area contributed by atoms with E-state index in [1.165, 1.54) is 0 Å². The minimum absolute atomic E-state index is 0.429. The molecule has 0 bridgehead atoms. The molecule has 18 heavy (non-hydrogen) atoms. The number of nitrogens with two attached hydrogens (primary N) is 1. The number of nitro groups is 1. The number of hydrogen-bond donors (Lipinski definition) is 1. The summed E-state index contributed by atoms with van der Waals surface area (Å²) in [6.45, 7) is 0. The summed E-state index contributed by atoms with van der Waals surface area (Å²) in [6, 6.07) is 0.534. The Balaban J connectivity index is 3.04. The van der Waals surface area contributed by atoms with Crippen LogP contribution in [-0.4, -0.2) is 17.0 Å². The van der Waals surface area contributed by atoms with Gasteiger partial charge in [-0.15, -0.1) is 0 Å². The van der Waals surface area contributed by atoms with Crippen LogP contribution in [0.25, 0.3) is 0 Å². The smallest absolute Gasteiger partial charge is 0.319 e. The Labute approximate surface area is 97.3 Å². The fourth-order valence-corrected chi connectivity index (χ4v) is 1.19. The topological polar surface area (TPSA) is 69.2 Å². The van der Waals surface area contributed by atoms with Crippen LogP contribution in [0, 0.1) is 10.1 Å². The van der Waals surface area contributed by atoms with Gasteiger partial charge in [-0.2, -0.15) is 22.0 Å². The van der Waals surface area contributed by atoms with Crippen molar-refractivity contribution in [3.05, 3.63) is 39.9 Å². The highest BCUT2D eigenvalue weighted by atomic mass is 19.4. The van der Waals surface area contributed by atoms with Crippen LogP contribution in [0.15, 0.2) is 24.3 Å². The Hall–Kier alpha value is -1.77. The number of halogens is 5. The average Bonchev–Trinajstić information content (AvgIpc) is 2.26. The van der Waals surface area contributed by atoms with E-state index in [0.29, 0.717) is 0 Å². The third kappa shape index (κ3) is 2.55. The van der Waals surface area contributed by atoms with Crippen LogP contribution in [0.3, 0.4) is 0 Å². The molecule has 0 spiro atoms. The molecule has 1 aromatic rings. The van der Waals surface area contributed by atoms with Crippen molar-refractivity contribution in [2.45, 2.75) is 18.1 Å². The zero-order chi connectivity index (χ0) is 14.1. The van der Waals surface area contributed by atoms with E-state index in [1.807, 2.05) is 0 Å². The van der Waals surface area contributed by atoms with Crippen molar-refractivity contribution in [3.8, 4) is 0 Å². The zero-order valence-electron chi connectivity index (χ0n) is 8.62. The van der Waals surface area contributed by atoms with Gasteiger partial charge in [0.15, 0.2) is 0 Å². The average molecular weight is 270 g/mol. The number of rotatable bonds is 3. The summed E-state index contributed by atoms with van der Waals surface area (Å²) in [4.78, 5) is 9.48. The van der Waals surface area contributed by atoms with Crippen molar-refractivity contribution in [1.82, 2.24) is 0 Å². The molecule has 0 aliphatic rings. The normalized spacial score (nSPS) is 14.3. The molecule has 0 aliphatic heterocycles. The molecule has 1 atom stereocenters. The second-order valence-corrected chi connectivity index (χ2v) is 3.45. The molecule has 0 heterocycles. The fraction of sp³-hybridized carbons (Fsp3) is 0.333. The van der Waals surface area contributed by atoms with Crippen LogP contribution in [0.1, 0.15) is 11.6 Å². The number of hydrogen-bond acceptors (Lipinski definition) is 3. The van der Waals surface area contributed by atoms with E-state index in [4.69, 9.17) is 5.73 Å². The quantitative estimate of drug-likeness (QED) is 0.521. The van der Waals surface area contributed by atoms with E-state index < -0.39 is 34.3 Å². The predicted molar refractivity (Wildman–Crippen MR) is 51.0 cm³/mol. The summed E-state index contributed by atoms with van der Waals surface area (Å²) in [5, 5.41) is 10.3. The van der Waals surface area contributed by atoms with Crippen LogP contribution in [-0.2, 0) is 0 Å². The summed E-state index contributed by atoms with van der Waals surface area (Å²) in [5.41, 5.74) is 3.88. The van der Waals surface area contributed by atoms with E-state index in [9.17, 15) is 32.1 Å². The highest BCUT2D eigenvalue weighted by molar-refractivity contribution is 5.35. The van der Waals surface area contributed by atoms with Gasteiger partial charge < -0.3 is 5.73 Å². The van der Waals surface area contributed by atoms with Gasteiger partial charge in [0.25, 0.3) is 5.69 Å². The van der Waals surface area contributed by atoms with E-state index in [-0.39, 0.29) is 0 Å². The highest BCUT2D eigenvalue weighted by Gasteiger charge is 2.61. The highest BCUT2D eigenvalue weighted by Crippen LogP contribution is 2.43. The molecule has 0 fully saturated rings. The summed E-state index contributed by atoms with van der Waals surface area (Å²) in [5.74, 6) is -5.11. The number of nitro benzene ring substituents is 1. The van der Waals surface area contributed by atoms with Crippen molar-refractivity contribution in [1.29, 1.82) is 0 Å². The van der Waals surface area contributed by atoms with Gasteiger partial charge in [-0.05, 0) is 5.56 Å². The summed E-state index contributed by atoms with van der Waals surface area (Å²) >= 11 is 0. The van der Waals surface area contributed by atoms with E-state index in [1.54, 1.807) is 0 Å². The lowest BCUT2D eigenvalue weighted by Gasteiger charge is -2.25. The number of benzene rings is 1. The molecule has 2 N–H and O–H groups in total. The first-order valence-corrected chi connectivity index (χ1v) is 4.52. The number of nitrogens with zero attached hydrogens (tertiary/aromatic N) is 1. The van der Waals surface area contributed by atoms with Crippen LogP contribution in [0.5, 0.6) is 0 Å². The Morgan fingerprint density at radius 2 is 1.56 bits per heavy atom. The van der Waals surface area contributed by atoms with Gasteiger partial charge in [0.1, 0.15) is 6.04 Å². The SMILES string of the molecule is N[C@@H](c1ccc([N+](=O)[O-])cc1)C(F)(F)C(F)(F)F. The maximum atomic E-state index is 12.9. The Morgan fingerprint density at radius 3 is 1.89 bits per heavy atom. The summed E-state index contributed by atoms with van der Waals surface area (Å²) in [7, 11) is 0. The molecule has 0 unspecified atom stereocenters. The molecule has 100 valence electrons. The van der Waals surface area contributed by atoms with Gasteiger partial charge in [0.05, 0.1) is 4.92 Å². The Kier molecular flexibility index (Phi) is 3.56. The number of alkyl halides is 5. The third-order valence-electron chi connectivity index (χ3n) is 2.23. The third-order valence-corrected chi connectivity index (χ3v) is 2.23. The van der Waals surface area contributed by atoms with Gasteiger partial charge in [0.2, 0.25) is 0 Å². The Bertz CT molecular complexity index is 443. The molecular formula is C9H7F5N2O2. The van der Waals surface area contributed by atoms with Crippen molar-refractivity contribution >= 4 is 5.69 Å². The first-order chi connectivity index (χ1) is 8.07. The lowest BCUT2D eigenvalue weighted by atomic mass is 10.0. The van der Waals surface area contributed by atoms with Gasteiger partial charge >= 0.3 is 12.1 Å². The van der Waals surface area contributed by atoms with Crippen molar-refractivity contribution in [2.75, 3.05) is 0 Å². The molecule has 9 heteroatoms. The molecule has 0 amide bonds. The van der Waals surface area contributed by atoms with Crippen molar-refractivity contribution in [3.63, 3.8) is 0 Å². The number of non-ortho nitro benzene ring substituents is 1. The first kappa shape index (κ1) is 14.3. The molecule has 0 radical (unpaired) electrons. The van der Waals surface area contributed by atoms with Gasteiger partial charge in [0, 0.05) is 12.1 Å². The van der Waals surface area contributed by atoms with Crippen LogP contribution < -0.4 is 5.73 Å². The van der Waals surface area contributed by atoms with E-state index in [0.717, 1.165) is 24.3 Å². The molecule has 0 aliphatic carbocycles. The maximum absolute atomic E-state index is 12.9. The predicted octanol–water partition coefficient (Wildman–Crippen LogP) is 2.79. The maximum Gasteiger partial charge on any atom is 0.455 e. The monoisotopic (exact) mass is 270 g/mol. The second-order valence-electron chi connectivity index (χ2n) is 3.45. The lowest BCUT2D eigenvalue weighted by molar-refractivity contribution is -0.384. The Morgan fingerprint density at radius 1 is 1.11 bits per heavy atom. The van der Waals surface area contributed by atoms with Gasteiger partial charge in [-0.1, -0.05) is 12.1 Å². The summed E-state index contributed by atoms with van der Waals surface area (Å²) < 4.78 is 61.9. The molecule has 0 saturated carbocycles. The standard InChI is InChI=1S/C9H7F5N2O2/c10-8(11,9(12,13)14)7(15)5-1-3-6(4-2-5)16(17)18/h1-4,7H,15H2/t7-/m0/s1.